The number of para-hydroxylation sites is 1. The molecule has 5 atom stereocenters. The Balaban J connectivity index is 1.52. The number of thiophene rings is 1. The Morgan fingerprint density at radius 1 is 1.19 bits per heavy atom. The molecule has 0 amide bonds. The van der Waals surface area contributed by atoms with Crippen molar-refractivity contribution in [1.29, 1.82) is 0 Å². The average molecular weight is 608 g/mol. The predicted molar refractivity (Wildman–Crippen MR) is 163 cm³/mol. The van der Waals surface area contributed by atoms with Crippen molar-refractivity contribution >= 4 is 27.5 Å². The number of carbonyl (C=O) groups is 1. The molecule has 1 N–H and O–H groups in total. The van der Waals surface area contributed by atoms with Gasteiger partial charge in [0, 0.05) is 5.56 Å². The first kappa shape index (κ1) is 29.4. The topological polar surface area (TPSA) is 126 Å². The van der Waals surface area contributed by atoms with Crippen LogP contribution in [0.4, 0.5) is 0 Å². The minimum Gasteiger partial charge on any atom is -0.496 e. The summed E-state index contributed by atoms with van der Waals surface area (Å²) in [5.41, 5.74) is -1.83. The summed E-state index contributed by atoms with van der Waals surface area (Å²) in [7, 11) is 1.60. The van der Waals surface area contributed by atoms with Crippen LogP contribution in [0.15, 0.2) is 50.7 Å². The number of fused-ring (bicyclic) bond motifs is 2. The smallest absolute Gasteiger partial charge is 0.333 e. The van der Waals surface area contributed by atoms with Crippen molar-refractivity contribution in [3.05, 3.63) is 68.7 Å². The van der Waals surface area contributed by atoms with Crippen molar-refractivity contribution in [2.24, 2.45) is 17.8 Å². The molecule has 0 saturated heterocycles. The summed E-state index contributed by atoms with van der Waals surface area (Å²) < 4.78 is 20.5. The Morgan fingerprint density at radius 2 is 1.88 bits per heavy atom. The molecule has 1 aromatic carbocycles. The van der Waals surface area contributed by atoms with Gasteiger partial charge < -0.3 is 19.0 Å². The molecule has 6 rings (SSSR count). The van der Waals surface area contributed by atoms with Crippen LogP contribution in [0, 0.1) is 24.7 Å². The van der Waals surface area contributed by atoms with Gasteiger partial charge in [-0.05, 0) is 75.8 Å². The van der Waals surface area contributed by atoms with Gasteiger partial charge in [-0.2, -0.15) is 0 Å². The Labute approximate surface area is 252 Å². The molecule has 2 aliphatic rings. The molecule has 10 nitrogen and oxygen atoms in total. The van der Waals surface area contributed by atoms with Crippen LogP contribution in [0.1, 0.15) is 63.7 Å². The molecule has 0 radical (unpaired) electrons. The monoisotopic (exact) mass is 607 g/mol. The zero-order valence-electron chi connectivity index (χ0n) is 25.0. The number of hydrogen-bond donors (Lipinski definition) is 1. The van der Waals surface area contributed by atoms with Gasteiger partial charge in [0.05, 0.1) is 36.2 Å². The highest BCUT2D eigenvalue weighted by Gasteiger charge is 2.42. The first-order valence-electron chi connectivity index (χ1n) is 14.7. The number of hydrogen-bond acceptors (Lipinski definition) is 8. The predicted octanol–water partition coefficient (Wildman–Crippen LogP) is 5.60. The third-order valence-corrected chi connectivity index (χ3v) is 10.6. The van der Waals surface area contributed by atoms with Gasteiger partial charge in [0.15, 0.2) is 0 Å². The van der Waals surface area contributed by atoms with E-state index in [1.807, 2.05) is 24.3 Å². The van der Waals surface area contributed by atoms with Gasteiger partial charge in [-0.3, -0.25) is 9.36 Å². The van der Waals surface area contributed by atoms with Crippen LogP contribution in [-0.2, 0) is 21.6 Å². The van der Waals surface area contributed by atoms with Crippen LogP contribution in [0.5, 0.6) is 5.75 Å². The lowest BCUT2D eigenvalue weighted by Crippen LogP contribution is -2.52. The van der Waals surface area contributed by atoms with Crippen LogP contribution in [0.3, 0.4) is 0 Å². The van der Waals surface area contributed by atoms with Gasteiger partial charge in [-0.1, -0.05) is 25.1 Å². The zero-order valence-corrected chi connectivity index (χ0v) is 25.8. The van der Waals surface area contributed by atoms with Gasteiger partial charge in [-0.25, -0.2) is 19.1 Å². The first-order chi connectivity index (χ1) is 20.5. The van der Waals surface area contributed by atoms with E-state index in [1.165, 1.54) is 55.1 Å². The number of oxazole rings is 1. The molecule has 3 heterocycles. The number of nitrogens with zero attached hydrogens (tertiary/aromatic N) is 3. The van der Waals surface area contributed by atoms with E-state index in [1.54, 1.807) is 14.0 Å². The van der Waals surface area contributed by atoms with Gasteiger partial charge in [-0.15, -0.1) is 11.3 Å². The number of aryl methyl sites for hydroxylation is 1. The number of carboxylic acid groups (broad SMARTS) is 1. The Bertz CT molecular complexity index is 1770. The van der Waals surface area contributed by atoms with Gasteiger partial charge in [0.2, 0.25) is 5.89 Å². The molecular formula is C32H37N3O7S. The van der Waals surface area contributed by atoms with Crippen molar-refractivity contribution < 1.29 is 23.8 Å². The quantitative estimate of drug-likeness (QED) is 0.261. The summed E-state index contributed by atoms with van der Waals surface area (Å²) in [6.45, 7) is 6.85. The summed E-state index contributed by atoms with van der Waals surface area (Å²) in [4.78, 5) is 45.8. The highest BCUT2D eigenvalue weighted by molar-refractivity contribution is 7.22. The number of ether oxygens (including phenoxy) is 2. The highest BCUT2D eigenvalue weighted by Crippen LogP contribution is 2.49. The number of carboxylic acids is 1. The van der Waals surface area contributed by atoms with Crippen molar-refractivity contribution in [2.75, 3.05) is 7.11 Å². The van der Waals surface area contributed by atoms with Crippen LogP contribution >= 0.6 is 11.3 Å². The fraction of sp³-hybridized carbons (Fsp3) is 0.500. The second-order valence-electron chi connectivity index (χ2n) is 12.5. The van der Waals surface area contributed by atoms with Crippen molar-refractivity contribution in [3.63, 3.8) is 0 Å². The molecule has 43 heavy (non-hydrogen) atoms. The molecule has 2 saturated carbocycles. The number of aliphatic carboxylic acids is 1. The first-order valence-corrected chi connectivity index (χ1v) is 15.5. The maximum Gasteiger partial charge on any atom is 0.333 e. The van der Waals surface area contributed by atoms with E-state index < -0.39 is 28.9 Å². The molecular weight excluding hydrogens is 570 g/mol. The van der Waals surface area contributed by atoms with E-state index in [0.29, 0.717) is 38.7 Å². The SMILES string of the molecule is COc1ccccc1[C@@H](Cn1c(=O)n(C(C)(C)C(=O)O)c(=O)c2c(C)c(-c3ncco3)sc21)OC1C[C@H]2CC(C)C[C@H]2C1. The van der Waals surface area contributed by atoms with Crippen molar-refractivity contribution in [2.45, 2.75) is 77.7 Å². The molecule has 0 spiro atoms. The lowest BCUT2D eigenvalue weighted by atomic mass is 10.0. The van der Waals surface area contributed by atoms with Crippen LogP contribution in [-0.4, -0.2) is 38.4 Å². The number of rotatable bonds is 9. The summed E-state index contributed by atoms with van der Waals surface area (Å²) in [6, 6.07) is 7.58. The molecule has 11 heteroatoms. The van der Waals surface area contributed by atoms with E-state index in [0.717, 1.165) is 28.9 Å². The Hall–Kier alpha value is -3.70. The van der Waals surface area contributed by atoms with Gasteiger partial charge in [0.25, 0.3) is 5.56 Å². The third-order valence-electron chi connectivity index (χ3n) is 9.32. The highest BCUT2D eigenvalue weighted by atomic mass is 32.1. The fourth-order valence-electron chi connectivity index (χ4n) is 7.16. The Kier molecular flexibility index (Phi) is 7.58. The van der Waals surface area contributed by atoms with Crippen LogP contribution in [0.2, 0.25) is 0 Å². The maximum atomic E-state index is 14.3. The molecule has 2 fully saturated rings. The van der Waals surface area contributed by atoms with Crippen molar-refractivity contribution in [1.82, 2.24) is 14.1 Å². The molecule has 0 aliphatic heterocycles. The number of aromatic nitrogens is 3. The molecule has 2 unspecified atom stereocenters. The summed E-state index contributed by atoms with van der Waals surface area (Å²) in [5.74, 6) is 1.66. The standard InChI is InChI=1S/C32H37N3O7S/c1-17-12-19-14-21(15-20(19)13-17)42-24(22-8-6-7-9-23(22)40-5)16-34-29-25(18(2)26(43-29)27-33-10-11-41-27)28(36)35(31(34)39)32(3,4)30(37)38/h6-11,17,19-21,24H,12-16H2,1-5H3,(H,37,38)/t17?,19-,20+,21?,24-/m1/s1. The van der Waals surface area contributed by atoms with Gasteiger partial charge >= 0.3 is 11.7 Å². The van der Waals surface area contributed by atoms with E-state index >= 15 is 0 Å². The zero-order chi connectivity index (χ0) is 30.6. The number of benzene rings is 1. The lowest BCUT2D eigenvalue weighted by molar-refractivity contribution is -0.146. The molecule has 2 aliphatic carbocycles. The summed E-state index contributed by atoms with van der Waals surface area (Å²) in [6.07, 6.45) is 6.71. The largest absolute Gasteiger partial charge is 0.496 e. The normalized spacial score (nSPS) is 22.6. The van der Waals surface area contributed by atoms with E-state index in [2.05, 4.69) is 11.9 Å². The Morgan fingerprint density at radius 3 is 2.51 bits per heavy atom. The minimum atomic E-state index is -1.80. The average Bonchev–Trinajstić information content (AvgIpc) is 3.74. The molecule has 4 aromatic rings. The molecule has 228 valence electrons. The third kappa shape index (κ3) is 5.02. The van der Waals surface area contributed by atoms with E-state index in [-0.39, 0.29) is 18.0 Å². The second-order valence-corrected chi connectivity index (χ2v) is 13.5. The van der Waals surface area contributed by atoms with Gasteiger partial charge in [0.1, 0.15) is 28.5 Å². The maximum absolute atomic E-state index is 14.3. The number of methoxy groups -OCH3 is 1. The van der Waals surface area contributed by atoms with E-state index in [9.17, 15) is 19.5 Å². The van der Waals surface area contributed by atoms with Crippen molar-refractivity contribution in [3.8, 4) is 16.5 Å². The lowest BCUT2D eigenvalue weighted by Gasteiger charge is -2.27. The summed E-state index contributed by atoms with van der Waals surface area (Å²) in [5, 5.41) is 10.3. The van der Waals surface area contributed by atoms with Crippen LogP contribution in [0.25, 0.3) is 21.0 Å². The molecule has 3 aromatic heterocycles. The fourth-order valence-corrected chi connectivity index (χ4v) is 8.40. The second kappa shape index (κ2) is 11.1. The van der Waals surface area contributed by atoms with E-state index in [4.69, 9.17) is 13.9 Å². The summed E-state index contributed by atoms with van der Waals surface area (Å²) >= 11 is 1.23. The molecule has 0 bridgehead atoms. The minimum absolute atomic E-state index is 0.0120. The van der Waals surface area contributed by atoms with Crippen LogP contribution < -0.4 is 16.0 Å².